The van der Waals surface area contributed by atoms with Crippen molar-refractivity contribution in [2.24, 2.45) is 5.73 Å². The van der Waals surface area contributed by atoms with Gasteiger partial charge in [0.1, 0.15) is 29.9 Å². The van der Waals surface area contributed by atoms with E-state index in [-0.39, 0.29) is 38.1 Å². The molecule has 4 aromatic rings. The van der Waals surface area contributed by atoms with Crippen LogP contribution in [0.1, 0.15) is 29.5 Å². The molecule has 0 bridgehead atoms. The van der Waals surface area contributed by atoms with Crippen LogP contribution >= 0.6 is 0 Å². The number of hydrogen-bond donors (Lipinski definition) is 8. The van der Waals surface area contributed by atoms with Gasteiger partial charge < -0.3 is 46.9 Å². The molecule has 56 heavy (non-hydrogen) atoms. The first-order chi connectivity index (χ1) is 26.6. The second-order valence-electron chi connectivity index (χ2n) is 12.9. The molecule has 0 saturated carbocycles. The van der Waals surface area contributed by atoms with Crippen LogP contribution < -0.4 is 21.7 Å². The summed E-state index contributed by atoms with van der Waals surface area (Å²) in [6.45, 7) is -0.0888. The van der Waals surface area contributed by atoms with E-state index in [9.17, 15) is 47.4 Å². The van der Waals surface area contributed by atoms with Gasteiger partial charge in [0.05, 0.1) is 6.54 Å². The monoisotopic (exact) mass is 782 g/mol. The molecule has 0 spiro atoms. The number of nitrogens with one attached hydrogen (secondary N) is 4. The minimum atomic E-state index is -5.08. The number of nitrogens with two attached hydrogens (primary N) is 1. The highest BCUT2D eigenvalue weighted by Crippen LogP contribution is 2.23. The van der Waals surface area contributed by atoms with Gasteiger partial charge in [0.25, 0.3) is 0 Å². The van der Waals surface area contributed by atoms with Gasteiger partial charge in [-0.1, -0.05) is 60.7 Å². The second kappa shape index (κ2) is 19.2. The maximum Gasteiger partial charge on any atom is 0.490 e. The number of amides is 4. The topological polar surface area (TPSA) is 244 Å². The zero-order valence-corrected chi connectivity index (χ0v) is 29.8. The van der Waals surface area contributed by atoms with Crippen molar-refractivity contribution in [1.82, 2.24) is 25.8 Å². The lowest BCUT2D eigenvalue weighted by molar-refractivity contribution is -0.192. The molecule has 0 radical (unpaired) electrons. The number of carbonyl (C=O) groups is 6. The lowest BCUT2D eigenvalue weighted by Gasteiger charge is -2.30. The van der Waals surface area contributed by atoms with Crippen LogP contribution in [-0.2, 0) is 48.0 Å². The molecule has 1 aromatic heterocycles. The van der Waals surface area contributed by atoms with Gasteiger partial charge >= 0.3 is 18.1 Å². The van der Waals surface area contributed by atoms with Crippen molar-refractivity contribution in [3.63, 3.8) is 0 Å². The molecular weight excluding hydrogens is 741 g/mol. The van der Waals surface area contributed by atoms with Crippen LogP contribution in [0.4, 0.5) is 13.2 Å². The molecule has 298 valence electrons. The molecule has 5 rings (SSSR count). The van der Waals surface area contributed by atoms with Crippen molar-refractivity contribution in [2.45, 2.75) is 62.4 Å². The van der Waals surface area contributed by atoms with Crippen molar-refractivity contribution in [3.05, 3.63) is 102 Å². The Kier molecular flexibility index (Phi) is 14.5. The molecule has 1 fully saturated rings. The number of carboxylic acids is 2. The van der Waals surface area contributed by atoms with Gasteiger partial charge in [-0.05, 0) is 47.7 Å². The molecule has 4 atom stereocenters. The van der Waals surface area contributed by atoms with Crippen molar-refractivity contribution in [3.8, 4) is 5.75 Å². The Bertz CT molecular complexity index is 2010. The van der Waals surface area contributed by atoms with E-state index in [2.05, 4.69) is 20.9 Å². The number of H-pyrrole nitrogens is 1. The molecule has 15 nitrogen and oxygen atoms in total. The summed E-state index contributed by atoms with van der Waals surface area (Å²) in [6.07, 6.45) is -2.32. The van der Waals surface area contributed by atoms with Gasteiger partial charge in [-0.25, -0.2) is 9.59 Å². The SMILES string of the molecule is NCC(=O)N[C@@H](Cc1ccc(O)cc1)C(=O)N1CCC[C@@H]1C(=O)N[C@@H](Cc1c[nH]c2ccccc12)C(=O)N[C@@H](Cc1ccccc1)C(=O)O.O=C(O)C(F)(F)F. The number of aromatic nitrogens is 1. The number of rotatable bonds is 14. The zero-order chi connectivity index (χ0) is 41.0. The summed E-state index contributed by atoms with van der Waals surface area (Å²) in [5, 5.41) is 35.7. The molecular formula is C38H41F3N6O9. The Morgan fingerprint density at radius 3 is 2.04 bits per heavy atom. The summed E-state index contributed by atoms with van der Waals surface area (Å²) in [6, 6.07) is 18.2. The summed E-state index contributed by atoms with van der Waals surface area (Å²) < 4.78 is 31.7. The molecule has 9 N–H and O–H groups in total. The number of alkyl halides is 3. The highest BCUT2D eigenvalue weighted by Gasteiger charge is 2.40. The maximum absolute atomic E-state index is 13.9. The Hall–Kier alpha value is -6.43. The quantitative estimate of drug-likeness (QED) is 0.0925. The summed E-state index contributed by atoms with van der Waals surface area (Å²) in [7, 11) is 0. The van der Waals surface area contributed by atoms with Crippen molar-refractivity contribution in [1.29, 1.82) is 0 Å². The third-order valence-electron chi connectivity index (χ3n) is 8.91. The van der Waals surface area contributed by atoms with Crippen molar-refractivity contribution < 1.29 is 57.3 Å². The van der Waals surface area contributed by atoms with Crippen LogP contribution in [0.5, 0.6) is 5.75 Å². The molecule has 1 aliphatic rings. The molecule has 1 saturated heterocycles. The minimum absolute atomic E-state index is 0.0392. The molecule has 2 heterocycles. The van der Waals surface area contributed by atoms with Gasteiger partial charge in [-0.15, -0.1) is 0 Å². The summed E-state index contributed by atoms with van der Waals surface area (Å²) in [5.41, 5.74) is 8.49. The fourth-order valence-electron chi connectivity index (χ4n) is 6.14. The standard InChI is InChI=1S/C36H40N6O7.C2HF3O2/c37-20-32(44)39-29(17-23-12-14-25(43)15-13-23)35(47)42-16-6-11-31(42)34(46)40-28(19-24-21-38-27-10-5-4-9-26(24)27)33(45)41-30(36(48)49)18-22-7-2-1-3-8-22;3-2(4,5)1(6)7/h1-5,7-10,12-15,21,28-31,38,43H,6,11,16-20,37H2,(H,39,44)(H,40,46)(H,41,45)(H,48,49);(H,6,7)/t28-,29-,30-,31+;/m0./s1. The van der Waals surface area contributed by atoms with Gasteiger partial charge in [0, 0.05) is 42.9 Å². The second-order valence-corrected chi connectivity index (χ2v) is 12.9. The van der Waals surface area contributed by atoms with E-state index in [1.54, 1.807) is 42.6 Å². The van der Waals surface area contributed by atoms with Gasteiger partial charge in [0.15, 0.2) is 0 Å². The lowest BCUT2D eigenvalue weighted by Crippen LogP contribution is -2.58. The maximum atomic E-state index is 13.9. The fraction of sp³-hybridized carbons (Fsp3) is 0.316. The van der Waals surface area contributed by atoms with E-state index in [1.165, 1.54) is 17.0 Å². The number of nitrogens with zero attached hydrogens (tertiary/aromatic N) is 1. The van der Waals surface area contributed by atoms with E-state index < -0.39 is 65.9 Å². The average Bonchev–Trinajstić information content (AvgIpc) is 3.83. The third kappa shape index (κ3) is 11.8. The van der Waals surface area contributed by atoms with Crippen molar-refractivity contribution >= 4 is 46.5 Å². The van der Waals surface area contributed by atoms with Crippen LogP contribution in [0.15, 0.2) is 85.1 Å². The Balaban J connectivity index is 0.000000908. The molecule has 18 heteroatoms. The average molecular weight is 783 g/mol. The summed E-state index contributed by atoms with van der Waals surface area (Å²) in [5.74, 6) is -6.22. The smallest absolute Gasteiger partial charge is 0.490 e. The first kappa shape index (κ1) is 42.3. The summed E-state index contributed by atoms with van der Waals surface area (Å²) in [4.78, 5) is 79.6. The number of fused-ring (bicyclic) bond motifs is 1. The van der Waals surface area contributed by atoms with Crippen LogP contribution in [-0.4, -0.2) is 104 Å². The van der Waals surface area contributed by atoms with Crippen LogP contribution in [0.2, 0.25) is 0 Å². The van der Waals surface area contributed by atoms with Crippen molar-refractivity contribution in [2.75, 3.05) is 13.1 Å². The highest BCUT2D eigenvalue weighted by atomic mass is 19.4. The number of benzene rings is 3. The predicted molar refractivity (Wildman–Crippen MR) is 195 cm³/mol. The van der Waals surface area contributed by atoms with Gasteiger partial charge in [-0.2, -0.15) is 13.2 Å². The normalized spacial score (nSPS) is 15.4. The number of aromatic hydroxyl groups is 1. The van der Waals surface area contributed by atoms with E-state index in [4.69, 9.17) is 15.6 Å². The number of phenolic OH excluding ortho intramolecular Hbond substituents is 1. The number of likely N-dealkylation sites (tertiary alicyclic amines) is 1. The highest BCUT2D eigenvalue weighted by molar-refractivity contribution is 5.96. The lowest BCUT2D eigenvalue weighted by atomic mass is 10.0. The number of carboxylic acid groups (broad SMARTS) is 2. The van der Waals surface area contributed by atoms with E-state index >= 15 is 0 Å². The molecule has 4 amide bonds. The van der Waals surface area contributed by atoms with Crippen LogP contribution in [0.25, 0.3) is 10.9 Å². The number of hydrogen-bond acceptors (Lipinski definition) is 8. The number of phenols is 1. The fourth-order valence-corrected chi connectivity index (χ4v) is 6.14. The molecule has 0 aliphatic carbocycles. The summed E-state index contributed by atoms with van der Waals surface area (Å²) >= 11 is 0. The number of carbonyl (C=O) groups excluding carboxylic acids is 4. The molecule has 1 aliphatic heterocycles. The molecule has 0 unspecified atom stereocenters. The first-order valence-electron chi connectivity index (χ1n) is 17.4. The van der Waals surface area contributed by atoms with Crippen LogP contribution in [0, 0.1) is 0 Å². The number of halogens is 3. The van der Waals surface area contributed by atoms with E-state index in [0.29, 0.717) is 18.4 Å². The Morgan fingerprint density at radius 2 is 1.41 bits per heavy atom. The molecule has 3 aromatic carbocycles. The number of para-hydroxylation sites is 1. The largest absolute Gasteiger partial charge is 0.508 e. The van der Waals surface area contributed by atoms with Gasteiger partial charge in [-0.3, -0.25) is 19.2 Å². The Morgan fingerprint density at radius 1 is 0.804 bits per heavy atom. The number of aromatic amines is 1. The van der Waals surface area contributed by atoms with E-state index in [1.807, 2.05) is 30.3 Å². The minimum Gasteiger partial charge on any atom is -0.508 e. The van der Waals surface area contributed by atoms with E-state index in [0.717, 1.165) is 22.0 Å². The third-order valence-corrected chi connectivity index (χ3v) is 8.91. The first-order valence-corrected chi connectivity index (χ1v) is 17.4. The van der Waals surface area contributed by atoms with Gasteiger partial charge in [0.2, 0.25) is 23.6 Å². The predicted octanol–water partition coefficient (Wildman–Crippen LogP) is 2.02. The number of aliphatic carboxylic acids is 2. The van der Waals surface area contributed by atoms with Crippen LogP contribution in [0.3, 0.4) is 0 Å². The zero-order valence-electron chi connectivity index (χ0n) is 29.8. The Labute approximate surface area is 318 Å².